The zero-order chi connectivity index (χ0) is 26.0. The number of hydrogen-bond acceptors (Lipinski definition) is 8. The van der Waals surface area contributed by atoms with Crippen molar-refractivity contribution in [3.8, 4) is 22.7 Å². The van der Waals surface area contributed by atoms with E-state index in [4.69, 9.17) is 32.1 Å². The van der Waals surface area contributed by atoms with Crippen molar-refractivity contribution in [1.82, 2.24) is 20.3 Å². The fraction of sp³-hybridized carbons (Fsp3) is 0.296. The molecule has 1 aromatic carbocycles. The number of rotatable bonds is 7. The van der Waals surface area contributed by atoms with Crippen LogP contribution < -0.4 is 4.90 Å². The Balaban J connectivity index is 1.07. The van der Waals surface area contributed by atoms with Crippen molar-refractivity contribution in [2.24, 2.45) is 17.8 Å². The lowest BCUT2D eigenvalue weighted by Gasteiger charge is -2.15. The summed E-state index contributed by atoms with van der Waals surface area (Å²) < 4.78 is 11.6. The summed E-state index contributed by atoms with van der Waals surface area (Å²) >= 11 is 12.9. The molecule has 3 aromatic heterocycles. The van der Waals surface area contributed by atoms with E-state index in [0.29, 0.717) is 62.4 Å². The number of hydrogen-bond donors (Lipinski definition) is 1. The van der Waals surface area contributed by atoms with Gasteiger partial charge in [0.1, 0.15) is 11.5 Å². The molecule has 1 N–H and O–H groups in total. The van der Waals surface area contributed by atoms with Gasteiger partial charge in [0.2, 0.25) is 5.89 Å². The Bertz CT molecular complexity index is 1560. The summed E-state index contributed by atoms with van der Waals surface area (Å²) in [4.78, 5) is 17.4. The van der Waals surface area contributed by atoms with Crippen molar-refractivity contribution in [2.75, 3.05) is 18.0 Å². The largest absolute Gasteiger partial charge is 0.478 e. The Morgan fingerprint density at radius 1 is 1.11 bits per heavy atom. The van der Waals surface area contributed by atoms with Gasteiger partial charge in [-0.1, -0.05) is 51.7 Å². The lowest BCUT2D eigenvalue weighted by atomic mass is 10.0. The van der Waals surface area contributed by atoms with Crippen molar-refractivity contribution in [3.05, 3.63) is 69.7 Å². The number of carboxylic acid groups (broad SMARTS) is 1. The summed E-state index contributed by atoms with van der Waals surface area (Å²) in [7, 11) is 0. The van der Waals surface area contributed by atoms with Crippen LogP contribution in [0.25, 0.3) is 28.8 Å². The van der Waals surface area contributed by atoms with Crippen LogP contribution in [0.2, 0.25) is 10.0 Å². The van der Waals surface area contributed by atoms with Gasteiger partial charge >= 0.3 is 12.0 Å². The first kappa shape index (κ1) is 23.4. The Hall–Kier alpha value is -3.69. The third-order valence-electron chi connectivity index (χ3n) is 7.58. The number of anilines is 1. The number of benzene rings is 1. The smallest absolute Gasteiger partial charge is 0.335 e. The summed E-state index contributed by atoms with van der Waals surface area (Å²) in [6, 6.07) is 6.93. The maximum Gasteiger partial charge on any atom is 0.335 e. The van der Waals surface area contributed by atoms with Crippen LogP contribution in [-0.4, -0.2) is 44.5 Å². The second-order valence-electron chi connectivity index (χ2n) is 10.0. The van der Waals surface area contributed by atoms with Gasteiger partial charge in [-0.3, -0.25) is 4.98 Å². The molecule has 0 amide bonds. The number of carboxylic acids is 1. The number of aromatic carboxylic acids is 1. The second-order valence-corrected chi connectivity index (χ2v) is 10.8. The molecule has 11 heteroatoms. The third-order valence-corrected chi connectivity index (χ3v) is 8.15. The fourth-order valence-corrected chi connectivity index (χ4v) is 5.94. The van der Waals surface area contributed by atoms with Crippen LogP contribution in [-0.2, 0) is 0 Å². The van der Waals surface area contributed by atoms with E-state index in [1.165, 1.54) is 12.1 Å². The highest BCUT2D eigenvalue weighted by Gasteiger charge is 2.55. The Kier molecular flexibility index (Phi) is 5.52. The van der Waals surface area contributed by atoms with Crippen LogP contribution in [0.1, 0.15) is 40.4 Å². The first-order chi connectivity index (χ1) is 18.5. The average Bonchev–Trinajstić information content (AvgIpc) is 3.64. The number of allylic oxidation sites excluding steroid dienone is 1. The first-order valence-corrected chi connectivity index (χ1v) is 13.1. The summed E-state index contributed by atoms with van der Waals surface area (Å²) in [5.41, 5.74) is 2.99. The van der Waals surface area contributed by atoms with E-state index >= 15 is 0 Å². The van der Waals surface area contributed by atoms with E-state index in [9.17, 15) is 9.90 Å². The van der Waals surface area contributed by atoms with Gasteiger partial charge in [0, 0.05) is 48.1 Å². The van der Waals surface area contributed by atoms with Gasteiger partial charge in [0.15, 0.2) is 0 Å². The number of nitrogens with zero attached hydrogens (tertiary/aromatic N) is 5. The van der Waals surface area contributed by atoms with Gasteiger partial charge in [0.05, 0.1) is 15.6 Å². The molecular formula is C27H21Cl2N5O4. The van der Waals surface area contributed by atoms with E-state index in [1.807, 2.05) is 0 Å². The molecule has 1 aliphatic heterocycles. The Labute approximate surface area is 227 Å². The minimum atomic E-state index is -1.00. The average molecular weight is 550 g/mol. The zero-order valence-corrected chi connectivity index (χ0v) is 21.4. The zero-order valence-electron chi connectivity index (χ0n) is 19.9. The van der Waals surface area contributed by atoms with Gasteiger partial charge in [-0.2, -0.15) is 0 Å². The summed E-state index contributed by atoms with van der Waals surface area (Å²) in [5.74, 6) is 1.97. The quantitative estimate of drug-likeness (QED) is 0.293. The number of halogens is 2. The molecule has 7 rings (SSSR count). The van der Waals surface area contributed by atoms with Crippen molar-refractivity contribution >= 4 is 41.3 Å². The number of aromatic nitrogens is 4. The molecule has 38 heavy (non-hydrogen) atoms. The molecule has 4 aromatic rings. The minimum absolute atomic E-state index is 0.175. The lowest BCUT2D eigenvalue weighted by Crippen LogP contribution is -2.23. The van der Waals surface area contributed by atoms with Crippen molar-refractivity contribution in [1.29, 1.82) is 0 Å². The van der Waals surface area contributed by atoms with Gasteiger partial charge in [-0.15, -0.1) is 5.10 Å². The van der Waals surface area contributed by atoms with Gasteiger partial charge in [-0.05, 0) is 48.8 Å². The van der Waals surface area contributed by atoms with E-state index < -0.39 is 5.97 Å². The van der Waals surface area contributed by atoms with Crippen molar-refractivity contribution in [2.45, 2.75) is 18.8 Å². The topological polar surface area (TPSA) is 118 Å². The highest BCUT2D eigenvalue weighted by molar-refractivity contribution is 6.39. The van der Waals surface area contributed by atoms with Crippen LogP contribution in [0.4, 0.5) is 6.01 Å². The third kappa shape index (κ3) is 4.06. The standard InChI is InChI=1S/C27H21Cl2N5O4/c28-20-9-30-10-21(29)22(20)23-17(24(38-33-23)13-4-5-13)7-6-16-18-11-34(12-19(16)18)27-32-31-25(37-27)14-2-1-3-15(8-14)26(35)36/h1-3,6-10,13,16,18-19H,4-5,11-12H2,(H,35,36)/b7-6+. The molecule has 3 aliphatic rings. The molecule has 0 spiro atoms. The lowest BCUT2D eigenvalue weighted by molar-refractivity contribution is 0.0697. The van der Waals surface area contributed by atoms with Gasteiger partial charge < -0.3 is 18.9 Å². The minimum Gasteiger partial charge on any atom is -0.478 e. The summed E-state index contributed by atoms with van der Waals surface area (Å²) in [6.07, 6.45) is 9.66. The second kappa shape index (κ2) is 8.96. The molecule has 2 aliphatic carbocycles. The predicted molar refractivity (Wildman–Crippen MR) is 140 cm³/mol. The molecule has 2 atom stereocenters. The molecule has 2 unspecified atom stereocenters. The fourth-order valence-electron chi connectivity index (χ4n) is 5.40. The number of piperidine rings is 1. The van der Waals surface area contributed by atoms with Gasteiger partial charge in [0.25, 0.3) is 0 Å². The van der Waals surface area contributed by atoms with Gasteiger partial charge in [-0.25, -0.2) is 4.79 Å². The number of fused-ring (bicyclic) bond motifs is 1. The van der Waals surface area contributed by atoms with E-state index in [2.05, 4.69) is 37.4 Å². The predicted octanol–water partition coefficient (Wildman–Crippen LogP) is 6.06. The van der Waals surface area contributed by atoms with Crippen LogP contribution in [0, 0.1) is 17.8 Å². The maximum absolute atomic E-state index is 11.3. The SMILES string of the molecule is O=C(O)c1cccc(-c2nnc(N3CC4C(/C=C/c5c(-c6c(Cl)cncc6Cl)noc5C5CC5)C4C3)o2)c1. The molecule has 9 nitrogen and oxygen atoms in total. The summed E-state index contributed by atoms with van der Waals surface area (Å²) in [5, 5.41) is 22.8. The van der Waals surface area contributed by atoms with E-state index in [1.54, 1.807) is 24.5 Å². The number of pyridine rings is 1. The Morgan fingerprint density at radius 2 is 1.87 bits per heavy atom. The Morgan fingerprint density at radius 3 is 2.58 bits per heavy atom. The molecule has 4 heterocycles. The first-order valence-electron chi connectivity index (χ1n) is 12.4. The van der Waals surface area contributed by atoms with Crippen molar-refractivity contribution < 1.29 is 18.8 Å². The molecule has 0 radical (unpaired) electrons. The maximum atomic E-state index is 11.3. The molecule has 1 saturated heterocycles. The number of carbonyl (C=O) groups is 1. The van der Waals surface area contributed by atoms with Crippen LogP contribution in [0.15, 0.2) is 51.7 Å². The van der Waals surface area contributed by atoms with Crippen LogP contribution in [0.5, 0.6) is 0 Å². The van der Waals surface area contributed by atoms with E-state index in [0.717, 1.165) is 37.3 Å². The summed E-state index contributed by atoms with van der Waals surface area (Å²) in [6.45, 7) is 1.62. The normalized spacial score (nSPS) is 22.3. The molecule has 192 valence electrons. The molecule has 3 fully saturated rings. The molecule has 0 bridgehead atoms. The monoisotopic (exact) mass is 549 g/mol. The van der Waals surface area contributed by atoms with Crippen LogP contribution >= 0.6 is 23.2 Å². The molecular weight excluding hydrogens is 529 g/mol. The van der Waals surface area contributed by atoms with E-state index in [-0.39, 0.29) is 5.56 Å². The highest BCUT2D eigenvalue weighted by atomic mass is 35.5. The van der Waals surface area contributed by atoms with Crippen LogP contribution in [0.3, 0.4) is 0 Å². The van der Waals surface area contributed by atoms with Crippen molar-refractivity contribution in [3.63, 3.8) is 0 Å². The highest BCUT2D eigenvalue weighted by Crippen LogP contribution is 2.54. The molecule has 2 saturated carbocycles.